The van der Waals surface area contributed by atoms with Gasteiger partial charge < -0.3 is 14.5 Å². The van der Waals surface area contributed by atoms with Crippen molar-refractivity contribution >= 4 is 11.6 Å². The van der Waals surface area contributed by atoms with Gasteiger partial charge in [-0.1, -0.05) is 0 Å². The molecule has 122 valence electrons. The smallest absolute Gasteiger partial charge is 0.311 e. The van der Waals surface area contributed by atoms with E-state index >= 15 is 0 Å². The summed E-state index contributed by atoms with van der Waals surface area (Å²) in [6.07, 6.45) is 1.39. The Kier molecular flexibility index (Phi) is 4.24. The van der Waals surface area contributed by atoms with Gasteiger partial charge in [0.15, 0.2) is 5.76 Å². The topological polar surface area (TPSA) is 64.4 Å². The van der Waals surface area contributed by atoms with Crippen LogP contribution in [0.4, 0.5) is 14.5 Å². The number of hydrogen-bond donors (Lipinski definition) is 1. The zero-order valence-electron chi connectivity index (χ0n) is 12.5. The second-order valence-corrected chi connectivity index (χ2v) is 4.84. The number of oxazole rings is 1. The number of methoxy groups -OCH3 is 1. The quantitative estimate of drug-likeness (QED) is 0.788. The highest BCUT2D eigenvalue weighted by atomic mass is 19.1. The van der Waals surface area contributed by atoms with Crippen LogP contribution in [0.2, 0.25) is 0 Å². The summed E-state index contributed by atoms with van der Waals surface area (Å²) >= 11 is 0. The summed E-state index contributed by atoms with van der Waals surface area (Å²) in [7, 11) is 1.56. The predicted octanol–water partition coefficient (Wildman–Crippen LogP) is 3.88. The lowest BCUT2D eigenvalue weighted by Crippen LogP contribution is -2.13. The Morgan fingerprint density at radius 2 is 1.92 bits per heavy atom. The molecule has 0 saturated heterocycles. The van der Waals surface area contributed by atoms with Crippen molar-refractivity contribution in [2.24, 2.45) is 0 Å². The number of carbonyl (C=O) groups is 1. The fourth-order valence-corrected chi connectivity index (χ4v) is 2.03. The Hall–Kier alpha value is -3.22. The van der Waals surface area contributed by atoms with E-state index in [0.717, 1.165) is 12.1 Å². The molecule has 0 fully saturated rings. The molecule has 1 heterocycles. The molecule has 5 nitrogen and oxygen atoms in total. The van der Waals surface area contributed by atoms with Crippen LogP contribution in [0.5, 0.6) is 5.75 Å². The van der Waals surface area contributed by atoms with Crippen molar-refractivity contribution in [2.45, 2.75) is 0 Å². The van der Waals surface area contributed by atoms with E-state index in [1.165, 1.54) is 6.20 Å². The average Bonchev–Trinajstić information content (AvgIpc) is 3.07. The monoisotopic (exact) mass is 330 g/mol. The fourth-order valence-electron chi connectivity index (χ4n) is 2.03. The maximum atomic E-state index is 13.6. The molecule has 0 aliphatic carbocycles. The number of hydrogen-bond acceptors (Lipinski definition) is 4. The van der Waals surface area contributed by atoms with Crippen LogP contribution in [-0.2, 0) is 0 Å². The van der Waals surface area contributed by atoms with Crippen molar-refractivity contribution in [3.8, 4) is 17.1 Å². The second kappa shape index (κ2) is 6.49. The minimum atomic E-state index is -0.884. The van der Waals surface area contributed by atoms with Gasteiger partial charge in [-0.25, -0.2) is 13.8 Å². The standard InChI is InChI=1S/C17H12F2N2O3/c1-23-12-5-2-10(3-6-12)15-9-20-17(24-15)16(22)21-14-7-4-11(18)8-13(14)19/h2-9H,1H3,(H,21,22). The third-order valence-electron chi connectivity index (χ3n) is 3.25. The SMILES string of the molecule is COc1ccc(-c2cnc(C(=O)Nc3ccc(F)cc3F)o2)cc1. The first kappa shape index (κ1) is 15.7. The van der Waals surface area contributed by atoms with E-state index in [0.29, 0.717) is 23.1 Å². The lowest BCUT2D eigenvalue weighted by atomic mass is 10.2. The summed E-state index contributed by atoms with van der Waals surface area (Å²) in [6.45, 7) is 0. The van der Waals surface area contributed by atoms with Crippen LogP contribution in [0.3, 0.4) is 0 Å². The Morgan fingerprint density at radius 1 is 1.17 bits per heavy atom. The molecule has 0 aliphatic heterocycles. The van der Waals surface area contributed by atoms with Crippen molar-refractivity contribution < 1.29 is 22.7 Å². The molecule has 1 aromatic heterocycles. The lowest BCUT2D eigenvalue weighted by molar-refractivity contribution is 0.0990. The van der Waals surface area contributed by atoms with E-state index in [4.69, 9.17) is 9.15 Å². The van der Waals surface area contributed by atoms with E-state index in [2.05, 4.69) is 10.3 Å². The highest BCUT2D eigenvalue weighted by Crippen LogP contribution is 2.23. The highest BCUT2D eigenvalue weighted by molar-refractivity contribution is 6.01. The minimum Gasteiger partial charge on any atom is -0.497 e. The van der Waals surface area contributed by atoms with Crippen molar-refractivity contribution in [1.82, 2.24) is 4.98 Å². The van der Waals surface area contributed by atoms with Gasteiger partial charge in [0.1, 0.15) is 17.4 Å². The van der Waals surface area contributed by atoms with Crippen molar-refractivity contribution in [1.29, 1.82) is 0 Å². The van der Waals surface area contributed by atoms with E-state index < -0.39 is 17.5 Å². The summed E-state index contributed by atoms with van der Waals surface area (Å²) in [5.41, 5.74) is 0.543. The van der Waals surface area contributed by atoms with Crippen LogP contribution >= 0.6 is 0 Å². The zero-order valence-corrected chi connectivity index (χ0v) is 12.5. The number of benzene rings is 2. The Labute approximate surface area is 135 Å². The number of aromatic nitrogens is 1. The number of nitrogens with one attached hydrogen (secondary N) is 1. The molecular formula is C17H12F2N2O3. The van der Waals surface area contributed by atoms with Gasteiger partial charge in [-0.15, -0.1) is 0 Å². The molecule has 0 spiro atoms. The van der Waals surface area contributed by atoms with E-state index in [1.54, 1.807) is 31.4 Å². The summed E-state index contributed by atoms with van der Waals surface area (Å²) in [5, 5.41) is 2.28. The predicted molar refractivity (Wildman–Crippen MR) is 82.8 cm³/mol. The molecule has 3 rings (SSSR count). The van der Waals surface area contributed by atoms with Gasteiger partial charge in [-0.2, -0.15) is 0 Å². The van der Waals surface area contributed by atoms with Crippen LogP contribution in [0.1, 0.15) is 10.7 Å². The molecule has 24 heavy (non-hydrogen) atoms. The van der Waals surface area contributed by atoms with Crippen LogP contribution in [0.25, 0.3) is 11.3 Å². The highest BCUT2D eigenvalue weighted by Gasteiger charge is 2.16. The summed E-state index contributed by atoms with van der Waals surface area (Å²) in [4.78, 5) is 15.9. The molecule has 0 radical (unpaired) electrons. The second-order valence-electron chi connectivity index (χ2n) is 4.84. The van der Waals surface area contributed by atoms with Gasteiger partial charge >= 0.3 is 5.91 Å². The van der Waals surface area contributed by atoms with Gasteiger partial charge in [0.25, 0.3) is 5.89 Å². The number of nitrogens with zero attached hydrogens (tertiary/aromatic N) is 1. The Morgan fingerprint density at radius 3 is 2.58 bits per heavy atom. The van der Waals surface area contributed by atoms with Gasteiger partial charge in [-0.3, -0.25) is 4.79 Å². The number of carbonyl (C=O) groups excluding carboxylic acids is 1. The van der Waals surface area contributed by atoms with Crippen molar-refractivity contribution in [3.63, 3.8) is 0 Å². The number of rotatable bonds is 4. The first-order valence-electron chi connectivity index (χ1n) is 6.93. The van der Waals surface area contributed by atoms with Crippen LogP contribution in [0, 0.1) is 11.6 Å². The van der Waals surface area contributed by atoms with Crippen molar-refractivity contribution in [3.05, 3.63) is 66.2 Å². The summed E-state index contributed by atoms with van der Waals surface area (Å²) < 4.78 is 36.9. The molecular weight excluding hydrogens is 318 g/mol. The Balaban J connectivity index is 1.77. The fraction of sp³-hybridized carbons (Fsp3) is 0.0588. The van der Waals surface area contributed by atoms with Crippen LogP contribution in [0.15, 0.2) is 53.1 Å². The lowest BCUT2D eigenvalue weighted by Gasteiger charge is -2.04. The average molecular weight is 330 g/mol. The molecule has 7 heteroatoms. The van der Waals surface area contributed by atoms with Gasteiger partial charge in [0.2, 0.25) is 0 Å². The molecule has 0 aliphatic rings. The van der Waals surface area contributed by atoms with E-state index in [-0.39, 0.29) is 11.6 Å². The molecule has 3 aromatic rings. The molecule has 0 bridgehead atoms. The number of anilines is 1. The van der Waals surface area contributed by atoms with Crippen LogP contribution in [-0.4, -0.2) is 18.0 Å². The first-order valence-corrected chi connectivity index (χ1v) is 6.93. The van der Waals surface area contributed by atoms with E-state index in [9.17, 15) is 13.6 Å². The largest absolute Gasteiger partial charge is 0.497 e. The number of halogens is 2. The summed E-state index contributed by atoms with van der Waals surface area (Å²) in [5.74, 6) is -1.52. The summed E-state index contributed by atoms with van der Waals surface area (Å²) in [6, 6.07) is 9.82. The zero-order chi connectivity index (χ0) is 17.1. The molecule has 1 N–H and O–H groups in total. The normalized spacial score (nSPS) is 10.5. The maximum Gasteiger partial charge on any atom is 0.311 e. The number of amides is 1. The number of ether oxygens (including phenoxy) is 1. The Bertz CT molecular complexity index is 876. The minimum absolute atomic E-state index is 0.161. The molecule has 0 unspecified atom stereocenters. The molecule has 0 saturated carbocycles. The van der Waals surface area contributed by atoms with Crippen LogP contribution < -0.4 is 10.1 Å². The van der Waals surface area contributed by atoms with Gasteiger partial charge in [0.05, 0.1) is 19.0 Å². The molecule has 2 aromatic carbocycles. The third-order valence-corrected chi connectivity index (χ3v) is 3.25. The maximum absolute atomic E-state index is 13.6. The van der Waals surface area contributed by atoms with E-state index in [1.807, 2.05) is 0 Å². The van der Waals surface area contributed by atoms with Crippen molar-refractivity contribution in [2.75, 3.05) is 12.4 Å². The van der Waals surface area contributed by atoms with Gasteiger partial charge in [0, 0.05) is 11.6 Å². The molecule has 0 atom stereocenters. The molecule has 1 amide bonds. The van der Waals surface area contributed by atoms with Gasteiger partial charge in [-0.05, 0) is 36.4 Å². The third kappa shape index (κ3) is 3.24. The first-order chi connectivity index (χ1) is 11.6.